The van der Waals surface area contributed by atoms with Crippen molar-refractivity contribution in [2.75, 3.05) is 0 Å². The number of aromatic nitrogens is 2. The molecule has 0 spiro atoms. The fourth-order valence-corrected chi connectivity index (χ4v) is 3.83. The van der Waals surface area contributed by atoms with Crippen LogP contribution in [0.3, 0.4) is 0 Å². The maximum absolute atomic E-state index is 13.0. The van der Waals surface area contributed by atoms with Gasteiger partial charge in [-0.2, -0.15) is 5.10 Å². The Morgan fingerprint density at radius 1 is 1.11 bits per heavy atom. The van der Waals surface area contributed by atoms with Crippen molar-refractivity contribution in [2.24, 2.45) is 0 Å². The third-order valence-corrected chi connectivity index (χ3v) is 5.37. The van der Waals surface area contributed by atoms with Crippen molar-refractivity contribution >= 4 is 28.1 Å². The second kappa shape index (κ2) is 8.22. The van der Waals surface area contributed by atoms with E-state index in [2.05, 4.69) is 5.10 Å². The predicted molar refractivity (Wildman–Crippen MR) is 108 cm³/mol. The summed E-state index contributed by atoms with van der Waals surface area (Å²) in [5, 5.41) is 6.81. The third kappa shape index (κ3) is 4.04. The van der Waals surface area contributed by atoms with Crippen LogP contribution in [0.4, 0.5) is 0 Å². The molecule has 3 aromatic heterocycles. The van der Waals surface area contributed by atoms with Crippen LogP contribution in [0.1, 0.15) is 17.1 Å². The molecule has 0 saturated carbocycles. The van der Waals surface area contributed by atoms with Gasteiger partial charge in [0.2, 0.25) is 11.3 Å². The Morgan fingerprint density at radius 3 is 2.79 bits per heavy atom. The maximum atomic E-state index is 13.0. The molecule has 1 aromatic carbocycles. The zero-order valence-electron chi connectivity index (χ0n) is 15.2. The molecule has 0 unspecified atom stereocenters. The molecule has 0 radical (unpaired) electrons. The third-order valence-electron chi connectivity index (χ3n) is 4.51. The number of rotatable bonds is 7. The van der Waals surface area contributed by atoms with Gasteiger partial charge in [0.15, 0.2) is 0 Å². The van der Waals surface area contributed by atoms with Gasteiger partial charge >= 0.3 is 0 Å². The van der Waals surface area contributed by atoms with Gasteiger partial charge in [-0.1, -0.05) is 18.2 Å². The number of amides is 1. The molecule has 0 fully saturated rings. The zero-order valence-corrected chi connectivity index (χ0v) is 16.0. The van der Waals surface area contributed by atoms with Gasteiger partial charge in [0, 0.05) is 16.7 Å². The van der Waals surface area contributed by atoms with E-state index in [4.69, 9.17) is 4.42 Å². The summed E-state index contributed by atoms with van der Waals surface area (Å²) in [7, 11) is 0. The van der Waals surface area contributed by atoms with Crippen molar-refractivity contribution in [1.82, 2.24) is 14.7 Å². The number of carbonyl (C=O) groups excluding carboxylic acids is 1. The van der Waals surface area contributed by atoms with Crippen LogP contribution in [-0.4, -0.2) is 20.6 Å². The van der Waals surface area contributed by atoms with E-state index < -0.39 is 0 Å². The fourth-order valence-electron chi connectivity index (χ4n) is 3.11. The number of aryl methyl sites for hydroxylation is 1. The summed E-state index contributed by atoms with van der Waals surface area (Å²) in [5.41, 5.74) is 0.619. The molecule has 0 aliphatic carbocycles. The quantitative estimate of drug-likeness (QED) is 0.480. The highest BCUT2D eigenvalue weighted by atomic mass is 32.1. The number of carbonyl (C=O) groups is 1. The molecule has 0 atom stereocenters. The molecule has 28 heavy (non-hydrogen) atoms. The van der Waals surface area contributed by atoms with E-state index in [0.717, 1.165) is 16.2 Å². The number of thiophene rings is 1. The highest BCUT2D eigenvalue weighted by molar-refractivity contribution is 7.09. The number of furan rings is 1. The zero-order chi connectivity index (χ0) is 19.3. The Hall–Kier alpha value is -3.19. The van der Waals surface area contributed by atoms with Crippen molar-refractivity contribution in [1.29, 1.82) is 0 Å². The van der Waals surface area contributed by atoms with Crippen molar-refractivity contribution in [2.45, 2.75) is 26.1 Å². The second-order valence-electron chi connectivity index (χ2n) is 6.41. The van der Waals surface area contributed by atoms with E-state index in [9.17, 15) is 9.59 Å². The van der Waals surface area contributed by atoms with E-state index in [0.29, 0.717) is 25.0 Å². The molecule has 6 nitrogen and oxygen atoms in total. The van der Waals surface area contributed by atoms with Crippen LogP contribution >= 0.6 is 11.3 Å². The molecular weight excluding hydrogens is 374 g/mol. The number of benzene rings is 1. The summed E-state index contributed by atoms with van der Waals surface area (Å²) < 4.78 is 7.14. The van der Waals surface area contributed by atoms with E-state index >= 15 is 0 Å². The standard InChI is InChI=1S/C21H19N3O3S/c25-20-13-22-24(19-8-2-1-7-18(19)20)10-9-21(26)23(14-16-5-3-11-27-16)15-17-6-4-12-28-17/h1-8,11-13H,9-10,14-15H2. The lowest BCUT2D eigenvalue weighted by atomic mass is 10.2. The molecule has 1 amide bonds. The van der Waals surface area contributed by atoms with E-state index in [-0.39, 0.29) is 17.8 Å². The largest absolute Gasteiger partial charge is 0.467 e. The first-order chi connectivity index (χ1) is 13.7. The maximum Gasteiger partial charge on any atom is 0.225 e. The van der Waals surface area contributed by atoms with E-state index in [1.54, 1.807) is 33.2 Å². The molecule has 0 bridgehead atoms. The average molecular weight is 393 g/mol. The lowest BCUT2D eigenvalue weighted by Gasteiger charge is -2.21. The Labute approximate surface area is 165 Å². The first-order valence-electron chi connectivity index (χ1n) is 8.98. The number of para-hydroxylation sites is 1. The van der Waals surface area contributed by atoms with Crippen LogP contribution in [0.25, 0.3) is 10.9 Å². The van der Waals surface area contributed by atoms with E-state index in [1.807, 2.05) is 47.8 Å². The Bertz CT molecular complexity index is 1080. The van der Waals surface area contributed by atoms with Crippen LogP contribution < -0.4 is 5.43 Å². The number of nitrogens with zero attached hydrogens (tertiary/aromatic N) is 3. The van der Waals surface area contributed by atoms with Crippen LogP contribution in [-0.2, 0) is 24.4 Å². The van der Waals surface area contributed by atoms with Gasteiger partial charge in [-0.05, 0) is 35.7 Å². The van der Waals surface area contributed by atoms with Gasteiger partial charge in [0.05, 0.1) is 37.6 Å². The SMILES string of the molecule is O=C(CCn1ncc(=O)c2ccccc21)N(Cc1ccco1)Cc1cccs1. The molecule has 3 heterocycles. The van der Waals surface area contributed by atoms with Crippen LogP contribution in [0.5, 0.6) is 0 Å². The smallest absolute Gasteiger partial charge is 0.225 e. The lowest BCUT2D eigenvalue weighted by Crippen LogP contribution is -2.30. The molecule has 4 aromatic rings. The molecule has 0 aliphatic heterocycles. The summed E-state index contributed by atoms with van der Waals surface area (Å²) in [5.74, 6) is 0.756. The lowest BCUT2D eigenvalue weighted by molar-refractivity contribution is -0.133. The first-order valence-corrected chi connectivity index (χ1v) is 9.86. The summed E-state index contributed by atoms with van der Waals surface area (Å²) in [6.45, 7) is 1.36. The van der Waals surface area contributed by atoms with Gasteiger partial charge in [-0.3, -0.25) is 14.3 Å². The fraction of sp³-hybridized carbons (Fsp3) is 0.190. The number of hydrogen-bond acceptors (Lipinski definition) is 5. The molecule has 0 N–H and O–H groups in total. The van der Waals surface area contributed by atoms with Crippen molar-refractivity contribution in [3.63, 3.8) is 0 Å². The minimum absolute atomic E-state index is 0.00869. The molecular formula is C21H19N3O3S. The Morgan fingerprint density at radius 2 is 2.00 bits per heavy atom. The average Bonchev–Trinajstić information content (AvgIpc) is 3.41. The molecule has 0 aliphatic rings. The first kappa shape index (κ1) is 18.2. The van der Waals surface area contributed by atoms with Crippen molar-refractivity contribution < 1.29 is 9.21 Å². The highest BCUT2D eigenvalue weighted by Gasteiger charge is 2.17. The molecule has 0 saturated heterocycles. The number of hydrogen-bond donors (Lipinski definition) is 0. The van der Waals surface area contributed by atoms with Gasteiger partial charge < -0.3 is 9.32 Å². The summed E-state index contributed by atoms with van der Waals surface area (Å²) >= 11 is 1.62. The number of fused-ring (bicyclic) bond motifs is 1. The molecule has 4 rings (SSSR count). The second-order valence-corrected chi connectivity index (χ2v) is 7.44. The Balaban J connectivity index is 1.51. The summed E-state index contributed by atoms with van der Waals surface area (Å²) in [6.07, 6.45) is 3.20. The summed E-state index contributed by atoms with van der Waals surface area (Å²) in [4.78, 5) is 27.8. The van der Waals surface area contributed by atoms with Crippen molar-refractivity contribution in [3.8, 4) is 0 Å². The van der Waals surface area contributed by atoms with Gasteiger partial charge in [-0.25, -0.2) is 0 Å². The normalized spacial score (nSPS) is 11.0. The molecule has 142 valence electrons. The van der Waals surface area contributed by atoms with Gasteiger partial charge in [0.25, 0.3) is 0 Å². The highest BCUT2D eigenvalue weighted by Crippen LogP contribution is 2.16. The predicted octanol–water partition coefficient (Wildman–Crippen LogP) is 3.67. The van der Waals surface area contributed by atoms with E-state index in [1.165, 1.54) is 6.20 Å². The molecule has 7 heteroatoms. The minimum Gasteiger partial charge on any atom is -0.467 e. The monoisotopic (exact) mass is 393 g/mol. The van der Waals surface area contributed by atoms with Crippen LogP contribution in [0.15, 0.2) is 75.6 Å². The van der Waals surface area contributed by atoms with Crippen LogP contribution in [0.2, 0.25) is 0 Å². The van der Waals surface area contributed by atoms with Crippen molar-refractivity contribution in [3.05, 3.63) is 87.2 Å². The topological polar surface area (TPSA) is 68.3 Å². The summed E-state index contributed by atoms with van der Waals surface area (Å²) in [6, 6.07) is 15.0. The Kier molecular flexibility index (Phi) is 5.34. The van der Waals surface area contributed by atoms with Crippen LogP contribution in [0, 0.1) is 0 Å². The minimum atomic E-state index is -0.115. The van der Waals surface area contributed by atoms with Gasteiger partial charge in [0.1, 0.15) is 5.76 Å². The van der Waals surface area contributed by atoms with Gasteiger partial charge in [-0.15, -0.1) is 11.3 Å².